The molecule has 2 rings (SSSR count). The number of rotatable bonds is 13. The molecule has 0 aliphatic carbocycles. The molecule has 168 valence electrons. The van der Waals surface area contributed by atoms with Crippen LogP contribution in [0.25, 0.3) is 0 Å². The van der Waals surface area contributed by atoms with Crippen molar-refractivity contribution in [3.63, 3.8) is 0 Å². The quantitative estimate of drug-likeness (QED) is 0.301. The fraction of sp³-hybridized carbons (Fsp3) is 0.348. The van der Waals surface area contributed by atoms with Gasteiger partial charge in [0, 0.05) is 40.9 Å². The topological polar surface area (TPSA) is 97.3 Å². The van der Waals surface area contributed by atoms with E-state index in [1.165, 1.54) is 0 Å². The predicted molar refractivity (Wildman–Crippen MR) is 121 cm³/mol. The Bertz CT molecular complexity index is 902. The number of carboxylic acids is 1. The van der Waals surface area contributed by atoms with E-state index in [-0.39, 0.29) is 32.3 Å². The Labute approximate surface area is 187 Å². The summed E-state index contributed by atoms with van der Waals surface area (Å²) in [5.74, 6) is 0.838. The van der Waals surface area contributed by atoms with Crippen LogP contribution in [0, 0.1) is 0 Å². The van der Waals surface area contributed by atoms with Gasteiger partial charge in [-0.1, -0.05) is 29.8 Å². The fourth-order valence-electron chi connectivity index (χ4n) is 2.93. The van der Waals surface area contributed by atoms with Gasteiger partial charge < -0.3 is 29.7 Å². The van der Waals surface area contributed by atoms with Gasteiger partial charge in [0.05, 0.1) is 26.4 Å². The number of aliphatic carboxylic acids is 1. The molecular weight excluding hydrogens is 422 g/mol. The van der Waals surface area contributed by atoms with Crippen molar-refractivity contribution in [2.24, 2.45) is 0 Å². The Kier molecular flexibility index (Phi) is 9.49. The van der Waals surface area contributed by atoms with Crippen LogP contribution in [0.4, 0.5) is 5.69 Å². The summed E-state index contributed by atoms with van der Waals surface area (Å²) in [5, 5.41) is 21.8. The zero-order valence-corrected chi connectivity index (χ0v) is 18.4. The number of aliphatic hydroxyl groups excluding tert-OH is 1. The van der Waals surface area contributed by atoms with E-state index < -0.39 is 5.97 Å². The van der Waals surface area contributed by atoms with Gasteiger partial charge in [-0.3, -0.25) is 4.79 Å². The van der Waals surface area contributed by atoms with Crippen molar-refractivity contribution < 1.29 is 29.2 Å². The number of aliphatic hydroxyl groups is 1. The number of hydrogen-bond acceptors (Lipinski definition) is 6. The number of benzene rings is 2. The number of hydrogen-bond donors (Lipinski definition) is 3. The Balaban J connectivity index is 2.27. The average Bonchev–Trinajstić information content (AvgIpc) is 2.73. The standard InChI is InChI=1S/C23H28ClNO6/c1-15(2)23(20-7-6-16(24)11-21(20)31-10-8-26)25-17-12-18(29-3)14-19(13-17)30-9-4-5-22(27)28/h6-7,11-14,23,25-26H,1,4-5,8-10H2,2-3H3,(H,27,28). The van der Waals surface area contributed by atoms with Crippen molar-refractivity contribution in [3.8, 4) is 17.2 Å². The molecule has 0 amide bonds. The molecule has 0 bridgehead atoms. The lowest BCUT2D eigenvalue weighted by Crippen LogP contribution is -2.14. The van der Waals surface area contributed by atoms with Crippen LogP contribution in [-0.2, 0) is 4.79 Å². The largest absolute Gasteiger partial charge is 0.497 e. The number of halogens is 1. The van der Waals surface area contributed by atoms with Gasteiger partial charge in [-0.15, -0.1) is 0 Å². The number of carboxylic acid groups (broad SMARTS) is 1. The molecule has 8 heteroatoms. The highest BCUT2D eigenvalue weighted by molar-refractivity contribution is 6.30. The van der Waals surface area contributed by atoms with Crippen LogP contribution in [-0.4, -0.2) is 43.1 Å². The summed E-state index contributed by atoms with van der Waals surface area (Å²) in [6.45, 7) is 6.29. The van der Waals surface area contributed by atoms with Crippen LogP contribution < -0.4 is 19.5 Å². The lowest BCUT2D eigenvalue weighted by Gasteiger charge is -2.24. The average molecular weight is 450 g/mol. The predicted octanol–water partition coefficient (Wildman–Crippen LogP) is 4.69. The third kappa shape index (κ3) is 7.70. The van der Waals surface area contributed by atoms with Crippen LogP contribution in [0.5, 0.6) is 17.2 Å². The Morgan fingerprint density at radius 2 is 1.90 bits per heavy atom. The van der Waals surface area contributed by atoms with Crippen LogP contribution >= 0.6 is 11.6 Å². The van der Waals surface area contributed by atoms with Crippen LogP contribution in [0.3, 0.4) is 0 Å². The SMILES string of the molecule is C=C(C)C(Nc1cc(OC)cc(OCCCC(=O)O)c1)c1ccc(Cl)cc1OCCO. The molecule has 1 unspecified atom stereocenters. The summed E-state index contributed by atoms with van der Waals surface area (Å²) >= 11 is 6.13. The molecule has 0 saturated heterocycles. The summed E-state index contributed by atoms with van der Waals surface area (Å²) < 4.78 is 16.8. The van der Waals surface area contributed by atoms with E-state index in [4.69, 9.17) is 36.0 Å². The molecule has 0 aliphatic heterocycles. The van der Waals surface area contributed by atoms with E-state index in [1.54, 1.807) is 25.3 Å². The second-order valence-corrected chi connectivity index (χ2v) is 7.36. The number of methoxy groups -OCH3 is 1. The van der Waals surface area contributed by atoms with Crippen LogP contribution in [0.15, 0.2) is 48.6 Å². The second-order valence-electron chi connectivity index (χ2n) is 6.92. The van der Waals surface area contributed by atoms with E-state index >= 15 is 0 Å². The van der Waals surface area contributed by atoms with Crippen molar-refractivity contribution in [2.45, 2.75) is 25.8 Å². The van der Waals surface area contributed by atoms with Crippen molar-refractivity contribution in [3.05, 3.63) is 59.1 Å². The molecule has 0 fully saturated rings. The number of nitrogens with one attached hydrogen (secondary N) is 1. The zero-order chi connectivity index (χ0) is 22.8. The van der Waals surface area contributed by atoms with Gasteiger partial charge in [-0.2, -0.15) is 0 Å². The molecule has 0 saturated carbocycles. The maximum absolute atomic E-state index is 10.7. The summed E-state index contributed by atoms with van der Waals surface area (Å²) in [4.78, 5) is 10.7. The van der Waals surface area contributed by atoms with Gasteiger partial charge in [0.25, 0.3) is 0 Å². The summed E-state index contributed by atoms with van der Waals surface area (Å²) in [7, 11) is 1.56. The zero-order valence-electron chi connectivity index (χ0n) is 17.7. The van der Waals surface area contributed by atoms with Crippen molar-refractivity contribution in [1.29, 1.82) is 0 Å². The molecule has 3 N–H and O–H groups in total. The minimum Gasteiger partial charge on any atom is -0.497 e. The van der Waals surface area contributed by atoms with Gasteiger partial charge in [0.1, 0.15) is 23.9 Å². The minimum absolute atomic E-state index is 0.0417. The molecular formula is C23H28ClNO6. The van der Waals surface area contributed by atoms with Crippen LogP contribution in [0.2, 0.25) is 5.02 Å². The lowest BCUT2D eigenvalue weighted by molar-refractivity contribution is -0.137. The first kappa shape index (κ1) is 24.4. The molecule has 0 aromatic heterocycles. The maximum Gasteiger partial charge on any atom is 0.303 e. The van der Waals surface area contributed by atoms with Gasteiger partial charge >= 0.3 is 5.97 Å². The number of carbonyl (C=O) groups is 1. The van der Waals surface area contributed by atoms with Crippen LogP contribution in [0.1, 0.15) is 31.4 Å². The third-order valence-electron chi connectivity index (χ3n) is 4.36. The third-order valence-corrected chi connectivity index (χ3v) is 4.59. The maximum atomic E-state index is 10.7. The van der Waals surface area contributed by atoms with Gasteiger partial charge in [-0.05, 0) is 25.5 Å². The van der Waals surface area contributed by atoms with Gasteiger partial charge in [0.15, 0.2) is 0 Å². The Morgan fingerprint density at radius 1 is 1.16 bits per heavy atom. The van der Waals surface area contributed by atoms with Gasteiger partial charge in [0.2, 0.25) is 0 Å². The van der Waals surface area contributed by atoms with E-state index in [2.05, 4.69) is 11.9 Å². The molecule has 0 spiro atoms. The molecule has 1 atom stereocenters. The smallest absolute Gasteiger partial charge is 0.303 e. The highest BCUT2D eigenvalue weighted by atomic mass is 35.5. The highest BCUT2D eigenvalue weighted by Crippen LogP contribution is 2.36. The minimum atomic E-state index is -0.858. The first-order valence-corrected chi connectivity index (χ1v) is 10.2. The molecule has 7 nitrogen and oxygen atoms in total. The highest BCUT2D eigenvalue weighted by Gasteiger charge is 2.19. The van der Waals surface area contributed by atoms with E-state index in [9.17, 15) is 4.79 Å². The van der Waals surface area contributed by atoms with Gasteiger partial charge in [-0.25, -0.2) is 0 Å². The number of anilines is 1. The van der Waals surface area contributed by atoms with Crippen molar-refractivity contribution in [1.82, 2.24) is 0 Å². The van der Waals surface area contributed by atoms with E-state index in [1.807, 2.05) is 25.1 Å². The molecule has 0 heterocycles. The van der Waals surface area contributed by atoms with E-state index in [0.717, 1.165) is 16.8 Å². The summed E-state index contributed by atoms with van der Waals surface area (Å²) in [6, 6.07) is 10.4. The Morgan fingerprint density at radius 3 is 2.55 bits per heavy atom. The lowest BCUT2D eigenvalue weighted by atomic mass is 9.99. The molecule has 0 radical (unpaired) electrons. The normalized spacial score (nSPS) is 11.5. The van der Waals surface area contributed by atoms with E-state index in [0.29, 0.717) is 28.7 Å². The van der Waals surface area contributed by atoms with Crippen molar-refractivity contribution >= 4 is 23.3 Å². The Hall–Kier alpha value is -2.90. The molecule has 2 aromatic rings. The molecule has 31 heavy (non-hydrogen) atoms. The first-order chi connectivity index (χ1) is 14.8. The summed E-state index contributed by atoms with van der Waals surface area (Å²) in [5.41, 5.74) is 2.38. The number of ether oxygens (including phenoxy) is 3. The van der Waals surface area contributed by atoms with Crippen molar-refractivity contribution in [2.75, 3.05) is 32.2 Å². The monoisotopic (exact) mass is 449 g/mol. The molecule has 0 aliphatic rings. The molecule has 2 aromatic carbocycles. The second kappa shape index (κ2) is 12.1. The first-order valence-electron chi connectivity index (χ1n) is 9.82. The summed E-state index contributed by atoms with van der Waals surface area (Å²) in [6.07, 6.45) is 0.444. The fourth-order valence-corrected chi connectivity index (χ4v) is 3.09.